The molecule has 4 nitrogen and oxygen atoms in total. The number of pyridine rings is 1. The van der Waals surface area contributed by atoms with Crippen molar-refractivity contribution in [2.75, 3.05) is 0 Å². The van der Waals surface area contributed by atoms with Crippen molar-refractivity contribution in [2.45, 2.75) is 38.7 Å². The first-order valence-corrected chi connectivity index (χ1v) is 9.20. The van der Waals surface area contributed by atoms with Crippen LogP contribution in [-0.2, 0) is 17.5 Å². The van der Waals surface area contributed by atoms with Gasteiger partial charge in [0.1, 0.15) is 11.3 Å². The first-order chi connectivity index (χ1) is 12.6. The maximum absolute atomic E-state index is 13.1. The Labute approximate surface area is 167 Å². The molecule has 9 heteroatoms. The van der Waals surface area contributed by atoms with Gasteiger partial charge in [-0.2, -0.15) is 13.2 Å². The lowest BCUT2D eigenvalue weighted by molar-refractivity contribution is -0.137. The number of carbonyl (C=O) groups is 1. The molecule has 0 N–H and O–H groups in total. The van der Waals surface area contributed by atoms with Crippen molar-refractivity contribution in [3.8, 4) is 0 Å². The quantitative estimate of drug-likeness (QED) is 0.532. The van der Waals surface area contributed by atoms with Gasteiger partial charge in [0.05, 0.1) is 23.8 Å². The summed E-state index contributed by atoms with van der Waals surface area (Å²) in [4.78, 5) is 17.9. The zero-order valence-electron chi connectivity index (χ0n) is 14.3. The minimum Gasteiger partial charge on any atom is -0.439 e. The summed E-state index contributed by atoms with van der Waals surface area (Å²) in [5.41, 5.74) is 0.523. The highest BCUT2D eigenvalue weighted by Gasteiger charge is 2.41. The van der Waals surface area contributed by atoms with Crippen LogP contribution in [0.15, 0.2) is 34.8 Å². The summed E-state index contributed by atoms with van der Waals surface area (Å²) in [7, 11) is 0. The lowest BCUT2D eigenvalue weighted by atomic mass is 9.98. The van der Waals surface area contributed by atoms with Crippen LogP contribution in [0.5, 0.6) is 0 Å². The molecule has 0 unspecified atom stereocenters. The molecule has 1 aliphatic heterocycles. The third-order valence-electron chi connectivity index (χ3n) is 4.35. The van der Waals surface area contributed by atoms with E-state index in [0.717, 1.165) is 12.1 Å². The molecule has 0 saturated carbocycles. The van der Waals surface area contributed by atoms with E-state index in [0.29, 0.717) is 21.3 Å². The van der Waals surface area contributed by atoms with Crippen molar-refractivity contribution in [1.82, 2.24) is 9.88 Å². The number of amides is 1. The molecule has 1 amide bonds. The van der Waals surface area contributed by atoms with Crippen molar-refractivity contribution in [3.63, 3.8) is 0 Å². The Morgan fingerprint density at radius 3 is 2.67 bits per heavy atom. The summed E-state index contributed by atoms with van der Waals surface area (Å²) in [6.45, 7) is 3.42. The summed E-state index contributed by atoms with van der Waals surface area (Å²) < 4.78 is 45.4. The molecule has 1 saturated heterocycles. The Morgan fingerprint density at radius 1 is 1.30 bits per heavy atom. The number of aromatic nitrogens is 1. The van der Waals surface area contributed by atoms with Crippen molar-refractivity contribution < 1.29 is 22.7 Å². The zero-order chi connectivity index (χ0) is 19.9. The lowest BCUT2D eigenvalue weighted by Gasteiger charge is -2.22. The molecule has 2 aromatic rings. The number of hydrogen-bond donors (Lipinski definition) is 0. The van der Waals surface area contributed by atoms with Crippen molar-refractivity contribution in [2.24, 2.45) is 0 Å². The number of alkyl halides is 3. The Bertz CT molecular complexity index is 891. The SMILES string of the molecule is Cc1cc([C@H]2OC(=O)N(Cc3nc(Cl)ccc3Br)[C@H]2C)cc(C(F)(F)F)c1. The van der Waals surface area contributed by atoms with E-state index >= 15 is 0 Å². The van der Waals surface area contributed by atoms with Gasteiger partial charge in [-0.25, -0.2) is 9.78 Å². The number of nitrogens with zero attached hydrogens (tertiary/aromatic N) is 2. The van der Waals surface area contributed by atoms with Gasteiger partial charge in [-0.05, 0) is 59.6 Å². The molecule has 0 spiro atoms. The minimum atomic E-state index is -4.47. The number of rotatable bonds is 3. The molecule has 0 bridgehead atoms. The van der Waals surface area contributed by atoms with E-state index in [-0.39, 0.29) is 11.7 Å². The fraction of sp³-hybridized carbons (Fsp3) is 0.333. The van der Waals surface area contributed by atoms with Crippen LogP contribution in [0.3, 0.4) is 0 Å². The summed E-state index contributed by atoms with van der Waals surface area (Å²) in [5, 5.41) is 0.276. The van der Waals surface area contributed by atoms with Crippen molar-refractivity contribution in [3.05, 3.63) is 62.3 Å². The molecule has 1 fully saturated rings. The molecule has 0 aliphatic carbocycles. The van der Waals surface area contributed by atoms with Crippen LogP contribution in [-0.4, -0.2) is 22.0 Å². The average Bonchev–Trinajstić information content (AvgIpc) is 2.85. The topological polar surface area (TPSA) is 42.4 Å². The van der Waals surface area contributed by atoms with E-state index in [1.165, 1.54) is 4.90 Å². The smallest absolute Gasteiger partial charge is 0.416 e. The number of hydrogen-bond acceptors (Lipinski definition) is 3. The Kier molecular flexibility index (Phi) is 5.40. The summed E-state index contributed by atoms with van der Waals surface area (Å²) in [6.07, 6.45) is -5.89. The van der Waals surface area contributed by atoms with Gasteiger partial charge in [0.15, 0.2) is 0 Å². The normalized spacial score (nSPS) is 20.1. The van der Waals surface area contributed by atoms with Gasteiger partial charge in [0.25, 0.3) is 0 Å². The Hall–Kier alpha value is -1.80. The predicted octanol–water partition coefficient (Wildman–Crippen LogP) is 5.91. The maximum Gasteiger partial charge on any atom is 0.416 e. The van der Waals surface area contributed by atoms with E-state index in [1.807, 2.05) is 0 Å². The molecule has 1 aliphatic rings. The summed E-state index contributed by atoms with van der Waals surface area (Å²) in [6, 6.07) is 6.53. The molecule has 3 rings (SSSR count). The molecule has 27 heavy (non-hydrogen) atoms. The number of benzene rings is 1. The fourth-order valence-electron chi connectivity index (χ4n) is 3.03. The number of ether oxygens (including phenoxy) is 1. The third-order valence-corrected chi connectivity index (χ3v) is 5.28. The largest absolute Gasteiger partial charge is 0.439 e. The van der Waals surface area contributed by atoms with E-state index < -0.39 is 30.0 Å². The van der Waals surface area contributed by atoms with E-state index in [2.05, 4.69) is 20.9 Å². The standard InChI is InChI=1S/C18H15BrClF3N2O2/c1-9-5-11(7-12(6-9)18(21,22)23)16-10(2)25(17(26)27-16)8-14-13(19)3-4-15(20)24-14/h3-7,10,16H,8H2,1-2H3/t10-,16-/m0/s1. The van der Waals surface area contributed by atoms with Gasteiger partial charge in [-0.3, -0.25) is 4.90 Å². The maximum atomic E-state index is 13.1. The first kappa shape index (κ1) is 19.9. The van der Waals surface area contributed by atoms with Crippen LogP contribution in [0.4, 0.5) is 18.0 Å². The molecule has 1 aromatic carbocycles. The molecular weight excluding hydrogens is 449 g/mol. The van der Waals surface area contributed by atoms with Gasteiger partial charge in [-0.1, -0.05) is 23.2 Å². The van der Waals surface area contributed by atoms with Gasteiger partial charge in [0.2, 0.25) is 0 Å². The average molecular weight is 464 g/mol. The number of carbonyl (C=O) groups excluding carboxylic acids is 1. The van der Waals surface area contributed by atoms with Gasteiger partial charge in [0, 0.05) is 4.47 Å². The second kappa shape index (κ2) is 7.31. The van der Waals surface area contributed by atoms with Gasteiger partial charge >= 0.3 is 12.3 Å². The molecule has 0 radical (unpaired) electrons. The van der Waals surface area contributed by atoms with Crippen LogP contribution >= 0.6 is 27.5 Å². The second-order valence-corrected chi connectivity index (χ2v) is 7.61. The number of halogens is 5. The number of aryl methyl sites for hydroxylation is 1. The summed E-state index contributed by atoms with van der Waals surface area (Å²) in [5.74, 6) is 0. The molecule has 144 valence electrons. The fourth-order valence-corrected chi connectivity index (χ4v) is 3.54. The summed E-state index contributed by atoms with van der Waals surface area (Å²) >= 11 is 9.26. The predicted molar refractivity (Wildman–Crippen MR) is 97.4 cm³/mol. The molecule has 1 aromatic heterocycles. The van der Waals surface area contributed by atoms with Crippen LogP contribution in [0.25, 0.3) is 0 Å². The second-order valence-electron chi connectivity index (χ2n) is 6.37. The minimum absolute atomic E-state index is 0.121. The van der Waals surface area contributed by atoms with Gasteiger partial charge < -0.3 is 4.74 Å². The van der Waals surface area contributed by atoms with E-state index in [4.69, 9.17) is 16.3 Å². The Balaban J connectivity index is 1.89. The van der Waals surface area contributed by atoms with E-state index in [9.17, 15) is 18.0 Å². The van der Waals surface area contributed by atoms with Crippen LogP contribution in [0, 0.1) is 6.92 Å². The lowest BCUT2D eigenvalue weighted by Crippen LogP contribution is -2.32. The van der Waals surface area contributed by atoms with Crippen molar-refractivity contribution in [1.29, 1.82) is 0 Å². The zero-order valence-corrected chi connectivity index (χ0v) is 16.7. The monoisotopic (exact) mass is 462 g/mol. The highest BCUT2D eigenvalue weighted by atomic mass is 79.9. The van der Waals surface area contributed by atoms with E-state index in [1.54, 1.807) is 32.0 Å². The van der Waals surface area contributed by atoms with Crippen LogP contribution in [0.1, 0.15) is 35.4 Å². The molecule has 2 atom stereocenters. The highest BCUT2D eigenvalue weighted by Crippen LogP contribution is 2.37. The van der Waals surface area contributed by atoms with Crippen LogP contribution in [0.2, 0.25) is 5.15 Å². The third kappa shape index (κ3) is 4.21. The Morgan fingerprint density at radius 2 is 2.00 bits per heavy atom. The highest BCUT2D eigenvalue weighted by molar-refractivity contribution is 9.10. The first-order valence-electron chi connectivity index (χ1n) is 8.03. The van der Waals surface area contributed by atoms with Crippen LogP contribution < -0.4 is 0 Å². The van der Waals surface area contributed by atoms with Crippen molar-refractivity contribution >= 4 is 33.6 Å². The molecule has 2 heterocycles. The molecular formula is C18H15BrClF3N2O2. The van der Waals surface area contributed by atoms with Gasteiger partial charge in [-0.15, -0.1) is 0 Å². The number of cyclic esters (lactones) is 1.